The molecule has 0 aliphatic heterocycles. The Kier molecular flexibility index (Phi) is 3.22. The minimum Gasteiger partial charge on any atom is -0.496 e. The number of methoxy groups -OCH3 is 1. The lowest BCUT2D eigenvalue weighted by molar-refractivity contribution is 0.396. The molecular formula is C11H15IO. The van der Waals surface area contributed by atoms with Gasteiger partial charge in [0.05, 0.1) is 7.11 Å². The SMILES string of the molecule is COc1cccc(I)c1C(C)(C)C. The Morgan fingerprint density at radius 3 is 2.23 bits per heavy atom. The first-order valence-corrected chi connectivity index (χ1v) is 5.37. The van der Waals surface area contributed by atoms with Crippen LogP contribution in [-0.2, 0) is 5.41 Å². The van der Waals surface area contributed by atoms with Gasteiger partial charge in [-0.2, -0.15) is 0 Å². The molecule has 13 heavy (non-hydrogen) atoms. The van der Waals surface area contributed by atoms with Crippen LogP contribution in [0.5, 0.6) is 5.75 Å². The predicted octanol–water partition coefficient (Wildman–Crippen LogP) is 3.60. The second-order valence-corrected chi connectivity index (χ2v) is 5.23. The number of hydrogen-bond donors (Lipinski definition) is 0. The average molecular weight is 290 g/mol. The molecule has 0 N–H and O–H groups in total. The summed E-state index contributed by atoms with van der Waals surface area (Å²) >= 11 is 2.35. The Balaban J connectivity index is 3.32. The van der Waals surface area contributed by atoms with Gasteiger partial charge in [0.1, 0.15) is 5.75 Å². The molecule has 0 aromatic heterocycles. The molecule has 0 atom stereocenters. The molecular weight excluding hydrogens is 275 g/mol. The fourth-order valence-electron chi connectivity index (χ4n) is 1.40. The van der Waals surface area contributed by atoms with Gasteiger partial charge >= 0.3 is 0 Å². The lowest BCUT2D eigenvalue weighted by Crippen LogP contribution is -2.14. The number of halogens is 1. The first kappa shape index (κ1) is 10.8. The Labute approximate surface area is 93.6 Å². The van der Waals surface area contributed by atoms with Crippen molar-refractivity contribution in [1.29, 1.82) is 0 Å². The van der Waals surface area contributed by atoms with Gasteiger partial charge in [-0.1, -0.05) is 26.8 Å². The van der Waals surface area contributed by atoms with E-state index < -0.39 is 0 Å². The molecule has 0 aliphatic carbocycles. The van der Waals surface area contributed by atoms with Crippen LogP contribution in [0.25, 0.3) is 0 Å². The van der Waals surface area contributed by atoms with E-state index in [0.29, 0.717) is 0 Å². The van der Waals surface area contributed by atoms with Crippen molar-refractivity contribution < 1.29 is 4.74 Å². The quantitative estimate of drug-likeness (QED) is 0.718. The van der Waals surface area contributed by atoms with Crippen molar-refractivity contribution in [2.24, 2.45) is 0 Å². The van der Waals surface area contributed by atoms with E-state index in [0.717, 1.165) is 5.75 Å². The van der Waals surface area contributed by atoms with Gasteiger partial charge in [0.25, 0.3) is 0 Å². The molecule has 0 amide bonds. The number of benzene rings is 1. The van der Waals surface area contributed by atoms with Gasteiger partial charge in [0.2, 0.25) is 0 Å². The van der Waals surface area contributed by atoms with Gasteiger partial charge in [-0.15, -0.1) is 0 Å². The van der Waals surface area contributed by atoms with Gasteiger partial charge in [0.15, 0.2) is 0 Å². The summed E-state index contributed by atoms with van der Waals surface area (Å²) < 4.78 is 6.62. The normalized spacial score (nSPS) is 11.5. The Morgan fingerprint density at radius 1 is 1.23 bits per heavy atom. The van der Waals surface area contributed by atoms with Gasteiger partial charge in [-0.05, 0) is 40.1 Å². The highest BCUT2D eigenvalue weighted by molar-refractivity contribution is 14.1. The van der Waals surface area contributed by atoms with Crippen molar-refractivity contribution in [1.82, 2.24) is 0 Å². The van der Waals surface area contributed by atoms with Crippen molar-refractivity contribution in [2.45, 2.75) is 26.2 Å². The van der Waals surface area contributed by atoms with E-state index in [1.807, 2.05) is 12.1 Å². The van der Waals surface area contributed by atoms with Crippen LogP contribution in [0.15, 0.2) is 18.2 Å². The summed E-state index contributed by atoms with van der Waals surface area (Å²) in [4.78, 5) is 0. The van der Waals surface area contributed by atoms with E-state index in [1.165, 1.54) is 9.13 Å². The van der Waals surface area contributed by atoms with E-state index in [9.17, 15) is 0 Å². The van der Waals surface area contributed by atoms with Crippen molar-refractivity contribution in [3.05, 3.63) is 27.3 Å². The summed E-state index contributed by atoms with van der Waals surface area (Å²) in [7, 11) is 1.72. The summed E-state index contributed by atoms with van der Waals surface area (Å²) in [6, 6.07) is 6.16. The molecule has 1 nitrogen and oxygen atoms in total. The van der Waals surface area contributed by atoms with E-state index in [1.54, 1.807) is 7.11 Å². The van der Waals surface area contributed by atoms with Crippen LogP contribution in [0.3, 0.4) is 0 Å². The van der Waals surface area contributed by atoms with Crippen LogP contribution >= 0.6 is 22.6 Å². The van der Waals surface area contributed by atoms with E-state index >= 15 is 0 Å². The highest BCUT2D eigenvalue weighted by Crippen LogP contribution is 2.34. The van der Waals surface area contributed by atoms with Crippen LogP contribution in [0.2, 0.25) is 0 Å². The third-order valence-corrected chi connectivity index (χ3v) is 2.84. The minimum absolute atomic E-state index is 0.142. The number of ether oxygens (including phenoxy) is 1. The van der Waals surface area contributed by atoms with E-state index in [4.69, 9.17) is 4.74 Å². The first-order chi connectivity index (χ1) is 5.96. The zero-order valence-electron chi connectivity index (χ0n) is 8.52. The standard InChI is InChI=1S/C11H15IO/c1-11(2,3)10-8(12)6-5-7-9(10)13-4/h5-7H,1-4H3. The van der Waals surface area contributed by atoms with E-state index in [2.05, 4.69) is 49.4 Å². The molecule has 0 bridgehead atoms. The van der Waals surface area contributed by atoms with Gasteiger partial charge in [-0.3, -0.25) is 0 Å². The van der Waals surface area contributed by atoms with Crippen molar-refractivity contribution in [3.63, 3.8) is 0 Å². The van der Waals surface area contributed by atoms with Gasteiger partial charge in [0, 0.05) is 9.13 Å². The van der Waals surface area contributed by atoms with Crippen molar-refractivity contribution >= 4 is 22.6 Å². The lowest BCUT2D eigenvalue weighted by atomic mass is 9.86. The van der Waals surface area contributed by atoms with E-state index in [-0.39, 0.29) is 5.41 Å². The zero-order chi connectivity index (χ0) is 10.1. The predicted molar refractivity (Wildman–Crippen MR) is 64.4 cm³/mol. The maximum Gasteiger partial charge on any atom is 0.123 e. The molecule has 0 radical (unpaired) electrons. The average Bonchev–Trinajstić information content (AvgIpc) is 2.01. The Hall–Kier alpha value is -0.250. The third-order valence-electron chi connectivity index (χ3n) is 1.95. The molecule has 0 fully saturated rings. The smallest absolute Gasteiger partial charge is 0.123 e. The molecule has 0 spiro atoms. The summed E-state index contributed by atoms with van der Waals surface area (Å²) in [6.45, 7) is 6.60. The highest BCUT2D eigenvalue weighted by Gasteiger charge is 2.21. The molecule has 72 valence electrons. The maximum absolute atomic E-state index is 5.35. The summed E-state index contributed by atoms with van der Waals surface area (Å²) in [5, 5.41) is 0. The molecule has 0 heterocycles. The molecule has 1 aromatic rings. The van der Waals surface area contributed by atoms with Crippen molar-refractivity contribution in [3.8, 4) is 5.75 Å². The summed E-state index contributed by atoms with van der Waals surface area (Å²) in [5.74, 6) is 0.986. The molecule has 0 aliphatic rings. The zero-order valence-corrected chi connectivity index (χ0v) is 10.7. The Bertz CT molecular complexity index is 299. The number of rotatable bonds is 1. The van der Waals surface area contributed by atoms with Crippen LogP contribution in [0.1, 0.15) is 26.3 Å². The highest BCUT2D eigenvalue weighted by atomic mass is 127. The first-order valence-electron chi connectivity index (χ1n) is 4.30. The minimum atomic E-state index is 0.142. The Morgan fingerprint density at radius 2 is 1.85 bits per heavy atom. The third kappa shape index (κ3) is 2.36. The van der Waals surface area contributed by atoms with Crippen LogP contribution < -0.4 is 4.74 Å². The van der Waals surface area contributed by atoms with Crippen LogP contribution in [0.4, 0.5) is 0 Å². The summed E-state index contributed by atoms with van der Waals surface area (Å²) in [6.07, 6.45) is 0. The molecule has 2 heteroatoms. The second-order valence-electron chi connectivity index (χ2n) is 4.07. The van der Waals surface area contributed by atoms with Gasteiger partial charge < -0.3 is 4.74 Å². The molecule has 0 saturated heterocycles. The summed E-state index contributed by atoms with van der Waals surface area (Å²) in [5.41, 5.74) is 1.43. The second kappa shape index (κ2) is 3.86. The number of hydrogen-bond acceptors (Lipinski definition) is 1. The molecule has 0 saturated carbocycles. The fourth-order valence-corrected chi connectivity index (χ4v) is 2.68. The largest absolute Gasteiger partial charge is 0.496 e. The van der Waals surface area contributed by atoms with Crippen LogP contribution in [-0.4, -0.2) is 7.11 Å². The topological polar surface area (TPSA) is 9.23 Å². The fraction of sp³-hybridized carbons (Fsp3) is 0.455. The monoisotopic (exact) mass is 290 g/mol. The maximum atomic E-state index is 5.35. The molecule has 1 rings (SSSR count). The molecule has 0 unspecified atom stereocenters. The molecule has 1 aromatic carbocycles. The van der Waals surface area contributed by atoms with Crippen LogP contribution in [0, 0.1) is 3.57 Å². The lowest BCUT2D eigenvalue weighted by Gasteiger charge is -2.23. The van der Waals surface area contributed by atoms with Gasteiger partial charge in [-0.25, -0.2) is 0 Å². The van der Waals surface area contributed by atoms with Crippen molar-refractivity contribution in [2.75, 3.05) is 7.11 Å².